The van der Waals surface area contributed by atoms with Gasteiger partial charge >= 0.3 is 0 Å². The number of carbonyl (C=O) groups is 1. The number of Topliss-reactive ketones (excluding diaryl/α,β-unsaturated/α-hetero) is 1. The van der Waals surface area contributed by atoms with Gasteiger partial charge in [-0.1, -0.05) is 13.8 Å². The Bertz CT molecular complexity index is 178. The molecule has 1 atom stereocenters. The largest absolute Gasteiger partial charge is 0.383 e. The van der Waals surface area contributed by atoms with Gasteiger partial charge in [0.1, 0.15) is 6.10 Å². The van der Waals surface area contributed by atoms with Crippen LogP contribution in [0.3, 0.4) is 0 Å². The number of carbonyl (C=O) groups excluding carboxylic acids is 1. The molecule has 1 unspecified atom stereocenters. The minimum absolute atomic E-state index is 0.131. The second-order valence-corrected chi connectivity index (χ2v) is 3.08. The second-order valence-electron chi connectivity index (χ2n) is 3.08. The number of amidine groups is 1. The summed E-state index contributed by atoms with van der Waals surface area (Å²) < 4.78 is 0. The fraction of sp³-hybridized carbons (Fsp3) is 0.750. The van der Waals surface area contributed by atoms with Crippen molar-refractivity contribution in [2.75, 3.05) is 6.54 Å². The van der Waals surface area contributed by atoms with E-state index in [0.717, 1.165) is 0 Å². The van der Waals surface area contributed by atoms with Crippen LogP contribution in [0.2, 0.25) is 0 Å². The molecule has 0 rings (SSSR count). The van der Waals surface area contributed by atoms with E-state index in [9.17, 15) is 9.90 Å². The molecule has 0 aliphatic carbocycles. The van der Waals surface area contributed by atoms with Crippen molar-refractivity contribution in [2.24, 2.45) is 5.92 Å². The van der Waals surface area contributed by atoms with Crippen LogP contribution in [-0.4, -0.2) is 29.4 Å². The highest BCUT2D eigenvalue weighted by molar-refractivity contribution is 5.85. The van der Waals surface area contributed by atoms with E-state index in [-0.39, 0.29) is 24.1 Å². The summed E-state index contributed by atoms with van der Waals surface area (Å²) in [6.07, 6.45) is -0.995. The van der Waals surface area contributed by atoms with Gasteiger partial charge in [-0.15, -0.1) is 0 Å². The summed E-state index contributed by atoms with van der Waals surface area (Å²) in [6.45, 7) is 5.17. The SMILES string of the molecule is CC(=N)NCC(O)C(=O)C(C)C. The molecule has 0 aromatic carbocycles. The summed E-state index contributed by atoms with van der Waals surface area (Å²) in [7, 11) is 0. The molecule has 0 heterocycles. The first kappa shape index (κ1) is 11.1. The van der Waals surface area contributed by atoms with Gasteiger partial charge < -0.3 is 10.4 Å². The Morgan fingerprint density at radius 3 is 2.42 bits per heavy atom. The van der Waals surface area contributed by atoms with Crippen molar-refractivity contribution in [3.63, 3.8) is 0 Å². The maximum absolute atomic E-state index is 11.1. The third-order valence-electron chi connectivity index (χ3n) is 1.46. The standard InChI is InChI=1S/C8H16N2O2/c1-5(2)8(12)7(11)4-10-6(3)9/h5,7,11H,4H2,1-3H3,(H2,9,10). The zero-order valence-corrected chi connectivity index (χ0v) is 7.72. The third-order valence-corrected chi connectivity index (χ3v) is 1.46. The van der Waals surface area contributed by atoms with Crippen molar-refractivity contribution in [1.29, 1.82) is 5.41 Å². The Labute approximate surface area is 72.5 Å². The summed E-state index contributed by atoms with van der Waals surface area (Å²) in [4.78, 5) is 11.1. The number of hydrogen-bond donors (Lipinski definition) is 3. The van der Waals surface area contributed by atoms with Crippen LogP contribution in [-0.2, 0) is 4.79 Å². The molecule has 0 aromatic heterocycles. The number of nitrogens with one attached hydrogen (secondary N) is 2. The van der Waals surface area contributed by atoms with E-state index in [1.807, 2.05) is 0 Å². The lowest BCUT2D eigenvalue weighted by atomic mass is 10.0. The maximum Gasteiger partial charge on any atom is 0.165 e. The van der Waals surface area contributed by atoms with E-state index in [1.54, 1.807) is 20.8 Å². The molecule has 4 heteroatoms. The van der Waals surface area contributed by atoms with E-state index in [1.165, 1.54) is 0 Å². The van der Waals surface area contributed by atoms with Crippen LogP contribution in [0, 0.1) is 11.3 Å². The topological polar surface area (TPSA) is 73.2 Å². The molecule has 0 aliphatic rings. The zero-order chi connectivity index (χ0) is 9.72. The molecular formula is C8H16N2O2. The van der Waals surface area contributed by atoms with Crippen LogP contribution in [0.4, 0.5) is 0 Å². The Morgan fingerprint density at radius 1 is 1.58 bits per heavy atom. The van der Waals surface area contributed by atoms with Gasteiger partial charge in [0.2, 0.25) is 0 Å². The summed E-state index contributed by atoms with van der Waals surface area (Å²) in [5.74, 6) is -0.0952. The molecule has 0 saturated heterocycles. The van der Waals surface area contributed by atoms with Crippen molar-refractivity contribution in [1.82, 2.24) is 5.32 Å². The molecule has 12 heavy (non-hydrogen) atoms. The molecular weight excluding hydrogens is 156 g/mol. The fourth-order valence-electron chi connectivity index (χ4n) is 0.735. The predicted molar refractivity (Wildman–Crippen MR) is 47.3 cm³/mol. The number of rotatable bonds is 4. The zero-order valence-electron chi connectivity index (χ0n) is 7.72. The van der Waals surface area contributed by atoms with Gasteiger partial charge in [0.15, 0.2) is 5.78 Å². The van der Waals surface area contributed by atoms with Crippen LogP contribution in [0.25, 0.3) is 0 Å². The lowest BCUT2D eigenvalue weighted by Gasteiger charge is -2.12. The van der Waals surface area contributed by atoms with Gasteiger partial charge in [0.25, 0.3) is 0 Å². The first-order chi connectivity index (χ1) is 5.45. The van der Waals surface area contributed by atoms with E-state index in [4.69, 9.17) is 5.41 Å². The van der Waals surface area contributed by atoms with Crippen molar-refractivity contribution in [2.45, 2.75) is 26.9 Å². The van der Waals surface area contributed by atoms with Gasteiger partial charge in [-0.3, -0.25) is 10.2 Å². The highest BCUT2D eigenvalue weighted by Gasteiger charge is 2.17. The van der Waals surface area contributed by atoms with E-state index in [2.05, 4.69) is 5.32 Å². The summed E-state index contributed by atoms with van der Waals surface area (Å²) >= 11 is 0. The first-order valence-electron chi connectivity index (χ1n) is 3.96. The molecule has 0 spiro atoms. The lowest BCUT2D eigenvalue weighted by molar-refractivity contribution is -0.129. The summed E-state index contributed by atoms with van der Waals surface area (Å²) in [5, 5.41) is 18.8. The highest BCUT2D eigenvalue weighted by Crippen LogP contribution is 1.98. The van der Waals surface area contributed by atoms with Crippen LogP contribution < -0.4 is 5.32 Å². The molecule has 0 amide bonds. The minimum Gasteiger partial charge on any atom is -0.383 e. The number of ketones is 1. The molecule has 4 nitrogen and oxygen atoms in total. The normalized spacial score (nSPS) is 12.8. The maximum atomic E-state index is 11.1. The summed E-state index contributed by atoms with van der Waals surface area (Å²) in [5.41, 5.74) is 0. The molecule has 0 saturated carbocycles. The molecule has 3 N–H and O–H groups in total. The van der Waals surface area contributed by atoms with Gasteiger partial charge in [-0.05, 0) is 6.92 Å². The first-order valence-corrected chi connectivity index (χ1v) is 3.96. The molecule has 0 fully saturated rings. The Morgan fingerprint density at radius 2 is 2.08 bits per heavy atom. The Hall–Kier alpha value is -0.900. The van der Waals surface area contributed by atoms with Crippen LogP contribution in [0.1, 0.15) is 20.8 Å². The highest BCUT2D eigenvalue weighted by atomic mass is 16.3. The predicted octanol–water partition coefficient (Wildman–Crippen LogP) is 0.159. The second kappa shape index (κ2) is 4.87. The van der Waals surface area contributed by atoms with Crippen molar-refractivity contribution < 1.29 is 9.90 Å². The number of aliphatic hydroxyl groups is 1. The molecule has 0 bridgehead atoms. The van der Waals surface area contributed by atoms with Gasteiger partial charge in [-0.25, -0.2) is 0 Å². The van der Waals surface area contributed by atoms with E-state index < -0.39 is 6.10 Å². The molecule has 0 aliphatic heterocycles. The van der Waals surface area contributed by atoms with E-state index in [0.29, 0.717) is 0 Å². The smallest absolute Gasteiger partial charge is 0.165 e. The molecule has 0 aromatic rings. The minimum atomic E-state index is -0.995. The summed E-state index contributed by atoms with van der Waals surface area (Å²) in [6, 6.07) is 0. The third kappa shape index (κ3) is 4.08. The van der Waals surface area contributed by atoms with Crippen molar-refractivity contribution >= 4 is 11.6 Å². The average molecular weight is 172 g/mol. The van der Waals surface area contributed by atoms with Crippen molar-refractivity contribution in [3.8, 4) is 0 Å². The van der Waals surface area contributed by atoms with Gasteiger partial charge in [0, 0.05) is 12.5 Å². The van der Waals surface area contributed by atoms with Crippen molar-refractivity contribution in [3.05, 3.63) is 0 Å². The number of hydrogen-bond acceptors (Lipinski definition) is 3. The Balaban J connectivity index is 3.79. The van der Waals surface area contributed by atoms with E-state index >= 15 is 0 Å². The molecule has 0 radical (unpaired) electrons. The number of aliphatic hydroxyl groups excluding tert-OH is 1. The monoisotopic (exact) mass is 172 g/mol. The van der Waals surface area contributed by atoms with Crippen LogP contribution in [0.15, 0.2) is 0 Å². The van der Waals surface area contributed by atoms with Gasteiger partial charge in [0.05, 0.1) is 5.84 Å². The fourth-order valence-corrected chi connectivity index (χ4v) is 0.735. The Kier molecular flexibility index (Phi) is 4.51. The van der Waals surface area contributed by atoms with Crippen LogP contribution >= 0.6 is 0 Å². The lowest BCUT2D eigenvalue weighted by Crippen LogP contribution is -2.37. The molecule has 70 valence electrons. The van der Waals surface area contributed by atoms with Gasteiger partial charge in [-0.2, -0.15) is 0 Å². The van der Waals surface area contributed by atoms with Crippen LogP contribution in [0.5, 0.6) is 0 Å². The average Bonchev–Trinajstić information content (AvgIpc) is 1.98. The quantitative estimate of drug-likeness (QED) is 0.418.